The van der Waals surface area contributed by atoms with Gasteiger partial charge >= 0.3 is 0 Å². The van der Waals surface area contributed by atoms with E-state index in [0.29, 0.717) is 19.3 Å². The smallest absolute Gasteiger partial charge is 0.249 e. The second kappa shape index (κ2) is 45.2. The molecule has 0 radical (unpaired) electrons. The van der Waals surface area contributed by atoms with Gasteiger partial charge in [-0.1, -0.05) is 191 Å². The fourth-order valence-electron chi connectivity index (χ4n) is 8.53. The third-order valence-corrected chi connectivity index (χ3v) is 13.1. The van der Waals surface area contributed by atoms with E-state index in [9.17, 15) is 40.5 Å². The Balaban J connectivity index is 2.40. The highest BCUT2D eigenvalue weighted by atomic mass is 16.7. The van der Waals surface area contributed by atoms with Gasteiger partial charge in [0.25, 0.3) is 0 Å². The molecule has 9 unspecified atom stereocenters. The minimum Gasteiger partial charge on any atom is -0.394 e. The monoisotopic (exact) mass is 950 g/mol. The van der Waals surface area contributed by atoms with E-state index in [0.717, 1.165) is 64.2 Å². The first kappa shape index (κ1) is 63.1. The predicted octanol–water partition coefficient (Wildman–Crippen LogP) is 10.9. The lowest BCUT2D eigenvalue weighted by Gasteiger charge is -2.40. The van der Waals surface area contributed by atoms with E-state index in [4.69, 9.17) is 9.47 Å². The zero-order valence-electron chi connectivity index (χ0n) is 42.6. The number of carbonyl (C=O) groups is 1. The van der Waals surface area contributed by atoms with E-state index in [1.165, 1.54) is 122 Å². The molecule has 1 rings (SSSR count). The Labute approximate surface area is 409 Å². The van der Waals surface area contributed by atoms with E-state index in [1.807, 2.05) is 0 Å². The zero-order valence-corrected chi connectivity index (χ0v) is 42.6. The second-order valence-electron chi connectivity index (χ2n) is 19.3. The van der Waals surface area contributed by atoms with Crippen LogP contribution in [0.1, 0.15) is 232 Å². The van der Waals surface area contributed by atoms with Crippen molar-refractivity contribution in [3.05, 3.63) is 48.6 Å². The Morgan fingerprint density at radius 2 is 0.896 bits per heavy atom. The number of amides is 1. The lowest BCUT2D eigenvalue weighted by molar-refractivity contribution is -0.303. The first-order valence-corrected chi connectivity index (χ1v) is 27.5. The quantitative estimate of drug-likeness (QED) is 0.0215. The summed E-state index contributed by atoms with van der Waals surface area (Å²) in [5.41, 5.74) is 0. The molecule has 1 heterocycles. The molecule has 0 aromatic rings. The van der Waals surface area contributed by atoms with Crippen LogP contribution in [0.25, 0.3) is 0 Å². The predicted molar refractivity (Wildman–Crippen MR) is 275 cm³/mol. The molecule has 67 heavy (non-hydrogen) atoms. The van der Waals surface area contributed by atoms with Gasteiger partial charge in [-0.2, -0.15) is 0 Å². The van der Waals surface area contributed by atoms with Gasteiger partial charge in [0.1, 0.15) is 36.6 Å². The fourth-order valence-corrected chi connectivity index (χ4v) is 8.53. The van der Waals surface area contributed by atoms with Crippen LogP contribution in [0.15, 0.2) is 48.6 Å². The van der Waals surface area contributed by atoms with Gasteiger partial charge < -0.3 is 50.5 Å². The minimum absolute atomic E-state index is 0.239. The number of allylic oxidation sites excluding steroid dienone is 8. The van der Waals surface area contributed by atoms with Crippen molar-refractivity contribution >= 4 is 5.91 Å². The van der Waals surface area contributed by atoms with Gasteiger partial charge in [-0.05, 0) is 89.9 Å². The molecule has 9 atom stereocenters. The van der Waals surface area contributed by atoms with Crippen molar-refractivity contribution in [2.24, 2.45) is 0 Å². The summed E-state index contributed by atoms with van der Waals surface area (Å²) in [6.07, 6.45) is 44.4. The molecule has 8 N–H and O–H groups in total. The van der Waals surface area contributed by atoms with Gasteiger partial charge in [0, 0.05) is 0 Å². The molecule has 0 aromatic carbocycles. The van der Waals surface area contributed by atoms with E-state index in [2.05, 4.69) is 67.8 Å². The highest BCUT2D eigenvalue weighted by molar-refractivity contribution is 5.80. The number of hydrogen-bond donors (Lipinski definition) is 8. The van der Waals surface area contributed by atoms with E-state index >= 15 is 0 Å². The molecule has 1 aliphatic heterocycles. The summed E-state index contributed by atoms with van der Waals surface area (Å²) in [7, 11) is 0. The van der Waals surface area contributed by atoms with Crippen molar-refractivity contribution in [2.75, 3.05) is 13.2 Å². The number of unbranched alkanes of at least 4 members (excludes halogenated alkanes) is 26. The van der Waals surface area contributed by atoms with Gasteiger partial charge in [-0.3, -0.25) is 4.79 Å². The van der Waals surface area contributed by atoms with E-state index in [-0.39, 0.29) is 12.8 Å². The third kappa shape index (κ3) is 34.1. The molecule has 11 nitrogen and oxygen atoms in total. The van der Waals surface area contributed by atoms with Crippen molar-refractivity contribution in [2.45, 2.75) is 287 Å². The van der Waals surface area contributed by atoms with Crippen LogP contribution in [0.4, 0.5) is 0 Å². The van der Waals surface area contributed by atoms with Crippen LogP contribution < -0.4 is 5.32 Å². The van der Waals surface area contributed by atoms with Crippen molar-refractivity contribution in [3.63, 3.8) is 0 Å². The Hall–Kier alpha value is -1.93. The molecule has 0 bridgehead atoms. The molecule has 1 saturated heterocycles. The molecule has 11 heteroatoms. The summed E-state index contributed by atoms with van der Waals surface area (Å²) in [6, 6.07) is -1.20. The van der Waals surface area contributed by atoms with Crippen LogP contribution >= 0.6 is 0 Å². The zero-order chi connectivity index (χ0) is 49.0. The maximum atomic E-state index is 13.2. The Morgan fingerprint density at radius 3 is 1.33 bits per heavy atom. The van der Waals surface area contributed by atoms with Crippen LogP contribution in [0, 0.1) is 0 Å². The highest BCUT2D eigenvalue weighted by Gasteiger charge is 2.44. The third-order valence-electron chi connectivity index (χ3n) is 13.1. The lowest BCUT2D eigenvalue weighted by Crippen LogP contribution is -2.60. The normalized spacial score (nSPS) is 21.0. The number of hydrogen-bond acceptors (Lipinski definition) is 10. The first-order chi connectivity index (χ1) is 32.7. The summed E-state index contributed by atoms with van der Waals surface area (Å²) < 4.78 is 11.1. The number of rotatable bonds is 46. The van der Waals surface area contributed by atoms with Crippen molar-refractivity contribution in [3.8, 4) is 0 Å². The topological polar surface area (TPSA) is 189 Å². The van der Waals surface area contributed by atoms with Crippen LogP contribution in [0.3, 0.4) is 0 Å². The Bertz CT molecular complexity index is 1230. The average molecular weight is 950 g/mol. The molecular formula is C56H103NO10. The van der Waals surface area contributed by atoms with E-state index in [1.54, 1.807) is 0 Å². The molecular weight excluding hydrogens is 847 g/mol. The standard InChI is InChI=1S/C56H103NO10/c1-3-5-7-9-11-13-15-17-19-21-23-24-26-28-30-32-34-36-38-40-42-44-49(60)55(65)57-47(46-66-56-54(64)53(63)52(62)50(45-58)67-56)51(61)48(59)43-41-39-37-35-33-31-29-27-25-22-20-18-16-14-12-10-8-6-4-2/h18,20,26-29,35,37,47-54,56,58-64H,3-17,19,21-25,30-34,36,38-46H2,1-2H3,(H,57,65)/b20-18+,28-26-,29-27+,37-35+. The number of carbonyl (C=O) groups excluding carboxylic acids is 1. The molecule has 1 fully saturated rings. The highest BCUT2D eigenvalue weighted by Crippen LogP contribution is 2.23. The van der Waals surface area contributed by atoms with Crippen LogP contribution in [0.5, 0.6) is 0 Å². The van der Waals surface area contributed by atoms with Gasteiger partial charge in [0.05, 0.1) is 25.4 Å². The van der Waals surface area contributed by atoms with Crippen LogP contribution in [0.2, 0.25) is 0 Å². The maximum Gasteiger partial charge on any atom is 0.249 e. The molecule has 1 aliphatic rings. The summed E-state index contributed by atoms with van der Waals surface area (Å²) in [5, 5.41) is 76.0. The molecule has 0 spiro atoms. The van der Waals surface area contributed by atoms with Crippen molar-refractivity contribution in [1.29, 1.82) is 0 Å². The van der Waals surface area contributed by atoms with Gasteiger partial charge in [0.15, 0.2) is 6.29 Å². The lowest BCUT2D eigenvalue weighted by atomic mass is 9.98. The summed E-state index contributed by atoms with van der Waals surface area (Å²) >= 11 is 0. The Kier molecular flexibility index (Phi) is 42.6. The number of aliphatic hydroxyl groups is 7. The number of aliphatic hydroxyl groups excluding tert-OH is 7. The number of ether oxygens (including phenoxy) is 2. The molecule has 1 amide bonds. The van der Waals surface area contributed by atoms with Gasteiger partial charge in [-0.25, -0.2) is 0 Å². The summed E-state index contributed by atoms with van der Waals surface area (Å²) in [6.45, 7) is 3.43. The molecule has 0 aliphatic carbocycles. The van der Waals surface area contributed by atoms with Crippen LogP contribution in [-0.2, 0) is 14.3 Å². The SMILES string of the molecule is CCCCCCCC/C=C/CC/C=C/CC/C=C/CCCC(O)C(O)C(COC1OC(CO)C(O)C(O)C1O)NC(=O)C(O)CCCCCCCC/C=C\CCCCCCCCCCCCC. The minimum atomic E-state index is -1.67. The number of nitrogens with one attached hydrogen (secondary N) is 1. The van der Waals surface area contributed by atoms with E-state index < -0.39 is 74.2 Å². The molecule has 0 saturated carbocycles. The second-order valence-corrected chi connectivity index (χ2v) is 19.3. The summed E-state index contributed by atoms with van der Waals surface area (Å²) in [5.74, 6) is -0.717. The van der Waals surface area contributed by atoms with Crippen molar-refractivity contribution < 1.29 is 50.0 Å². The molecule has 392 valence electrons. The Morgan fingerprint density at radius 1 is 0.507 bits per heavy atom. The van der Waals surface area contributed by atoms with Gasteiger partial charge in [0.2, 0.25) is 5.91 Å². The average Bonchev–Trinajstić information content (AvgIpc) is 3.33. The first-order valence-electron chi connectivity index (χ1n) is 27.5. The fraction of sp³-hybridized carbons (Fsp3) is 0.839. The van der Waals surface area contributed by atoms with Crippen LogP contribution in [-0.4, -0.2) is 110 Å². The summed E-state index contributed by atoms with van der Waals surface area (Å²) in [4.78, 5) is 13.2. The van der Waals surface area contributed by atoms with Gasteiger partial charge in [-0.15, -0.1) is 0 Å². The molecule has 0 aromatic heterocycles. The van der Waals surface area contributed by atoms with Crippen molar-refractivity contribution in [1.82, 2.24) is 5.32 Å². The maximum absolute atomic E-state index is 13.2. The largest absolute Gasteiger partial charge is 0.394 e.